The molecule has 0 amide bonds. The smallest absolute Gasteiger partial charge is 0.142 e. The van der Waals surface area contributed by atoms with Crippen LogP contribution in [-0.2, 0) is 5.88 Å². The van der Waals surface area contributed by atoms with E-state index in [1.54, 1.807) is 18.5 Å². The van der Waals surface area contributed by atoms with Crippen LogP contribution < -0.4 is 0 Å². The second-order valence-corrected chi connectivity index (χ2v) is 3.29. The van der Waals surface area contributed by atoms with Crippen LogP contribution in [0.2, 0.25) is 0 Å². The van der Waals surface area contributed by atoms with Crippen molar-refractivity contribution in [1.29, 1.82) is 0 Å². The largest absolute Gasteiger partial charge is 0.264 e. The summed E-state index contributed by atoms with van der Waals surface area (Å²) in [7, 11) is 0. The van der Waals surface area contributed by atoms with Crippen LogP contribution in [-0.4, -0.2) is 9.97 Å². The van der Waals surface area contributed by atoms with E-state index >= 15 is 0 Å². The molecule has 4 heteroatoms. The van der Waals surface area contributed by atoms with Crippen molar-refractivity contribution >= 4 is 11.6 Å². The van der Waals surface area contributed by atoms with Crippen molar-refractivity contribution in [2.24, 2.45) is 0 Å². The fraction of sp³-hybridized carbons (Fsp3) is 0.0909. The first kappa shape index (κ1) is 10.1. The lowest BCUT2D eigenvalue weighted by Crippen LogP contribution is -1.93. The second kappa shape index (κ2) is 4.36. The van der Waals surface area contributed by atoms with E-state index in [1.807, 2.05) is 6.07 Å². The van der Waals surface area contributed by atoms with Gasteiger partial charge in [0.25, 0.3) is 0 Å². The molecular formula is C11H8ClFN2. The van der Waals surface area contributed by atoms with Gasteiger partial charge in [-0.15, -0.1) is 11.6 Å². The van der Waals surface area contributed by atoms with E-state index in [9.17, 15) is 4.39 Å². The molecule has 0 radical (unpaired) electrons. The SMILES string of the molecule is Fc1cnc(CCl)c(-c2cccnc2)c1. The van der Waals surface area contributed by atoms with E-state index in [4.69, 9.17) is 11.6 Å². The molecule has 0 aliphatic carbocycles. The highest BCUT2D eigenvalue weighted by Gasteiger charge is 2.07. The lowest BCUT2D eigenvalue weighted by Gasteiger charge is -2.05. The van der Waals surface area contributed by atoms with Gasteiger partial charge in [-0.3, -0.25) is 9.97 Å². The summed E-state index contributed by atoms with van der Waals surface area (Å²) in [6, 6.07) is 5.06. The van der Waals surface area contributed by atoms with E-state index in [-0.39, 0.29) is 11.7 Å². The van der Waals surface area contributed by atoms with E-state index in [0.29, 0.717) is 11.3 Å². The van der Waals surface area contributed by atoms with Gasteiger partial charge in [0.2, 0.25) is 0 Å². The molecule has 0 atom stereocenters. The molecule has 2 nitrogen and oxygen atoms in total. The zero-order valence-electron chi connectivity index (χ0n) is 7.82. The molecule has 2 rings (SSSR count). The number of pyridine rings is 2. The van der Waals surface area contributed by atoms with Gasteiger partial charge in [0.15, 0.2) is 0 Å². The lowest BCUT2D eigenvalue weighted by molar-refractivity contribution is 0.620. The minimum Gasteiger partial charge on any atom is -0.264 e. The summed E-state index contributed by atoms with van der Waals surface area (Å²) < 4.78 is 13.0. The minimum absolute atomic E-state index is 0.254. The molecule has 0 spiro atoms. The molecule has 0 aliphatic rings. The predicted molar refractivity (Wildman–Crippen MR) is 57.0 cm³/mol. The number of alkyl halides is 1. The number of rotatable bonds is 2. The van der Waals surface area contributed by atoms with Gasteiger partial charge in [-0.05, 0) is 12.1 Å². The van der Waals surface area contributed by atoms with E-state index < -0.39 is 0 Å². The number of hydrogen-bond acceptors (Lipinski definition) is 2. The molecule has 2 aromatic rings. The Labute approximate surface area is 91.8 Å². The molecular weight excluding hydrogens is 215 g/mol. The standard InChI is InChI=1S/C11H8ClFN2/c12-5-11-10(4-9(13)7-15-11)8-2-1-3-14-6-8/h1-4,6-7H,5H2. The van der Waals surface area contributed by atoms with Gasteiger partial charge in [-0.2, -0.15) is 0 Å². The van der Waals surface area contributed by atoms with Crippen molar-refractivity contribution < 1.29 is 4.39 Å². The number of nitrogens with zero attached hydrogens (tertiary/aromatic N) is 2. The third-order valence-corrected chi connectivity index (χ3v) is 2.29. The average Bonchev–Trinajstić information content (AvgIpc) is 2.30. The summed E-state index contributed by atoms with van der Waals surface area (Å²) in [5.41, 5.74) is 2.17. The first-order valence-corrected chi connectivity index (χ1v) is 4.95. The second-order valence-electron chi connectivity index (χ2n) is 3.02. The summed E-state index contributed by atoms with van der Waals surface area (Å²) in [6.07, 6.45) is 4.49. The van der Waals surface area contributed by atoms with Crippen LogP contribution in [0, 0.1) is 5.82 Å². The van der Waals surface area contributed by atoms with Gasteiger partial charge in [-0.1, -0.05) is 6.07 Å². The van der Waals surface area contributed by atoms with Gasteiger partial charge in [0.05, 0.1) is 17.8 Å². The van der Waals surface area contributed by atoms with Gasteiger partial charge in [-0.25, -0.2) is 4.39 Å². The van der Waals surface area contributed by atoms with Crippen molar-refractivity contribution in [3.8, 4) is 11.1 Å². The Kier molecular flexibility index (Phi) is 2.92. The number of aromatic nitrogens is 2. The normalized spacial score (nSPS) is 10.3. The Hall–Kier alpha value is -1.48. The van der Waals surface area contributed by atoms with Crippen molar-refractivity contribution in [2.45, 2.75) is 5.88 Å². The quantitative estimate of drug-likeness (QED) is 0.730. The third kappa shape index (κ3) is 2.13. The average molecular weight is 223 g/mol. The van der Waals surface area contributed by atoms with Crippen molar-refractivity contribution in [3.63, 3.8) is 0 Å². The molecule has 0 saturated carbocycles. The molecule has 0 bridgehead atoms. The minimum atomic E-state index is -0.372. The first-order chi connectivity index (χ1) is 7.31. The highest BCUT2D eigenvalue weighted by Crippen LogP contribution is 2.23. The van der Waals surface area contributed by atoms with Gasteiger partial charge in [0.1, 0.15) is 5.82 Å². The molecule has 0 aromatic carbocycles. The summed E-state index contributed by atoms with van der Waals surface area (Å²) in [6.45, 7) is 0. The molecule has 2 heterocycles. The van der Waals surface area contributed by atoms with Crippen LogP contribution in [0.3, 0.4) is 0 Å². The zero-order valence-corrected chi connectivity index (χ0v) is 8.58. The Morgan fingerprint density at radius 1 is 1.33 bits per heavy atom. The van der Waals surface area contributed by atoms with Crippen molar-refractivity contribution in [3.05, 3.63) is 48.3 Å². The molecule has 2 aromatic heterocycles. The Bertz CT molecular complexity index is 459. The molecule has 0 fully saturated rings. The number of halogens is 2. The number of hydrogen-bond donors (Lipinski definition) is 0. The van der Waals surface area contributed by atoms with Crippen LogP contribution in [0.15, 0.2) is 36.8 Å². The monoisotopic (exact) mass is 222 g/mol. The summed E-state index contributed by atoms with van der Waals surface area (Å²) >= 11 is 5.73. The molecule has 76 valence electrons. The molecule has 15 heavy (non-hydrogen) atoms. The Balaban J connectivity index is 2.56. The molecule has 0 saturated heterocycles. The molecule has 0 aliphatic heterocycles. The van der Waals surface area contributed by atoms with Crippen LogP contribution in [0.25, 0.3) is 11.1 Å². The van der Waals surface area contributed by atoms with E-state index in [2.05, 4.69) is 9.97 Å². The third-order valence-electron chi connectivity index (χ3n) is 2.04. The lowest BCUT2D eigenvalue weighted by atomic mass is 10.1. The van der Waals surface area contributed by atoms with Gasteiger partial charge < -0.3 is 0 Å². The van der Waals surface area contributed by atoms with Crippen LogP contribution >= 0.6 is 11.6 Å². The van der Waals surface area contributed by atoms with Crippen LogP contribution in [0.1, 0.15) is 5.69 Å². The van der Waals surface area contributed by atoms with Crippen LogP contribution in [0.5, 0.6) is 0 Å². The van der Waals surface area contributed by atoms with E-state index in [0.717, 1.165) is 11.8 Å². The topological polar surface area (TPSA) is 25.8 Å². The first-order valence-electron chi connectivity index (χ1n) is 4.42. The summed E-state index contributed by atoms with van der Waals surface area (Å²) in [5.74, 6) is -0.118. The Morgan fingerprint density at radius 2 is 2.20 bits per heavy atom. The maximum Gasteiger partial charge on any atom is 0.142 e. The molecule has 0 N–H and O–H groups in total. The molecule has 0 unspecified atom stereocenters. The fourth-order valence-electron chi connectivity index (χ4n) is 1.35. The zero-order chi connectivity index (χ0) is 10.7. The summed E-state index contributed by atoms with van der Waals surface area (Å²) in [4.78, 5) is 7.91. The maximum absolute atomic E-state index is 13.0. The highest BCUT2D eigenvalue weighted by atomic mass is 35.5. The van der Waals surface area contributed by atoms with Crippen LogP contribution in [0.4, 0.5) is 4.39 Å². The van der Waals surface area contributed by atoms with Crippen molar-refractivity contribution in [2.75, 3.05) is 0 Å². The maximum atomic E-state index is 13.0. The Morgan fingerprint density at radius 3 is 2.87 bits per heavy atom. The summed E-state index contributed by atoms with van der Waals surface area (Å²) in [5, 5.41) is 0. The predicted octanol–water partition coefficient (Wildman–Crippen LogP) is 3.02. The van der Waals surface area contributed by atoms with E-state index in [1.165, 1.54) is 6.07 Å². The highest BCUT2D eigenvalue weighted by molar-refractivity contribution is 6.17. The van der Waals surface area contributed by atoms with Gasteiger partial charge >= 0.3 is 0 Å². The fourth-order valence-corrected chi connectivity index (χ4v) is 1.56. The van der Waals surface area contributed by atoms with Crippen molar-refractivity contribution in [1.82, 2.24) is 9.97 Å². The van der Waals surface area contributed by atoms with Gasteiger partial charge in [0, 0.05) is 23.5 Å².